The molecule has 2 saturated carbocycles. The second-order valence-corrected chi connectivity index (χ2v) is 11.6. The summed E-state index contributed by atoms with van der Waals surface area (Å²) in [5.41, 5.74) is 1.59. The number of amides is 1. The van der Waals surface area contributed by atoms with E-state index in [2.05, 4.69) is 0 Å². The third kappa shape index (κ3) is 4.08. The molecule has 194 valence electrons. The average molecular weight is 569 g/mol. The van der Waals surface area contributed by atoms with Gasteiger partial charge >= 0.3 is 5.97 Å². The highest BCUT2D eigenvalue weighted by Crippen LogP contribution is 2.60. The number of benzene rings is 2. The summed E-state index contributed by atoms with van der Waals surface area (Å²) in [6.45, 7) is -0.0704. The van der Waals surface area contributed by atoms with Crippen molar-refractivity contribution in [3.8, 4) is 5.75 Å². The number of aromatic carboxylic acids is 1. The maximum Gasteiger partial charge on any atom is 0.345 e. The zero-order valence-electron chi connectivity index (χ0n) is 20.0. The number of ether oxygens (including phenoxy) is 1. The van der Waals surface area contributed by atoms with E-state index in [9.17, 15) is 19.8 Å². The number of carboxylic acid groups (broad SMARTS) is 1. The Morgan fingerprint density at radius 3 is 2.42 bits per heavy atom. The van der Waals surface area contributed by atoms with Crippen LogP contribution < -0.4 is 9.64 Å². The van der Waals surface area contributed by atoms with Gasteiger partial charge in [-0.05, 0) is 73.7 Å². The highest BCUT2D eigenvalue weighted by atomic mass is 35.5. The summed E-state index contributed by atoms with van der Waals surface area (Å²) >= 11 is 13.8. The molecule has 2 aliphatic carbocycles. The van der Waals surface area contributed by atoms with Gasteiger partial charge in [-0.15, -0.1) is 11.3 Å². The summed E-state index contributed by atoms with van der Waals surface area (Å²) in [7, 11) is 0. The van der Waals surface area contributed by atoms with Gasteiger partial charge in [0.05, 0.1) is 32.4 Å². The van der Waals surface area contributed by atoms with Crippen LogP contribution in [0.2, 0.25) is 10.0 Å². The van der Waals surface area contributed by atoms with Crippen LogP contribution >= 0.6 is 34.5 Å². The molecule has 0 unspecified atom stereocenters. The quantitative estimate of drug-likeness (QED) is 0.197. The molecule has 0 radical (unpaired) electrons. The van der Waals surface area contributed by atoms with Gasteiger partial charge in [0.1, 0.15) is 28.0 Å². The van der Waals surface area contributed by atoms with Gasteiger partial charge in [0.2, 0.25) is 5.91 Å². The SMILES string of the molecule is N=C(/C(COc1ccc2c(c1)C1(CC1)C(=O)N2c1ccc(C(=O)O)s1)=C(\O)C1CC1)c1c(Cl)cccc1Cl. The van der Waals surface area contributed by atoms with Crippen molar-refractivity contribution in [2.24, 2.45) is 5.92 Å². The number of fused-ring (bicyclic) bond motifs is 2. The van der Waals surface area contributed by atoms with Crippen LogP contribution in [0.4, 0.5) is 10.7 Å². The second kappa shape index (κ2) is 9.15. The molecule has 0 bridgehead atoms. The van der Waals surface area contributed by atoms with Crippen molar-refractivity contribution in [3.05, 3.63) is 85.9 Å². The molecule has 10 heteroatoms. The average Bonchev–Trinajstić information content (AvgIpc) is 3.81. The van der Waals surface area contributed by atoms with Crippen molar-refractivity contribution in [2.45, 2.75) is 31.1 Å². The van der Waals surface area contributed by atoms with E-state index in [4.69, 9.17) is 33.3 Å². The van der Waals surface area contributed by atoms with Crippen molar-refractivity contribution < 1.29 is 24.5 Å². The number of aliphatic hydroxyl groups is 1. The Kier molecular flexibility index (Phi) is 6.01. The Hall–Kier alpha value is -3.33. The predicted molar refractivity (Wildman–Crippen MR) is 147 cm³/mol. The van der Waals surface area contributed by atoms with Crippen LogP contribution in [0.3, 0.4) is 0 Å². The zero-order valence-corrected chi connectivity index (χ0v) is 22.3. The molecular formula is C28H22Cl2N2O5S. The van der Waals surface area contributed by atoms with E-state index < -0.39 is 11.4 Å². The first-order valence-electron chi connectivity index (χ1n) is 12.1. The van der Waals surface area contributed by atoms with E-state index in [0.717, 1.165) is 29.7 Å². The van der Waals surface area contributed by atoms with Crippen molar-refractivity contribution in [2.75, 3.05) is 11.5 Å². The normalized spacial score (nSPS) is 17.8. The largest absolute Gasteiger partial charge is 0.512 e. The van der Waals surface area contributed by atoms with Gasteiger partial charge in [-0.3, -0.25) is 15.1 Å². The summed E-state index contributed by atoms with van der Waals surface area (Å²) in [6.07, 6.45) is 3.09. The standard InChI is InChI=1S/C28H22Cl2N2O5S/c29-18-2-1-3-19(30)23(18)24(31)16(25(33)14-4-5-14)13-37-15-6-7-20-17(12-15)28(10-11-28)27(36)32(20)22-9-8-21(38-22)26(34)35/h1-3,6-9,12,14,31,33H,4-5,10-11,13H2,(H,34,35)/b25-16-,31-24?. The first kappa shape index (κ1) is 25.0. The van der Waals surface area contributed by atoms with Crippen LogP contribution in [0, 0.1) is 11.3 Å². The number of carboxylic acids is 1. The lowest BCUT2D eigenvalue weighted by atomic mass is 9.97. The van der Waals surface area contributed by atoms with Crippen LogP contribution in [-0.2, 0) is 10.2 Å². The fourth-order valence-corrected chi connectivity index (χ4v) is 6.38. The van der Waals surface area contributed by atoms with Gasteiger partial charge in [0.15, 0.2) is 0 Å². The van der Waals surface area contributed by atoms with E-state index in [0.29, 0.717) is 50.5 Å². The molecule has 2 fully saturated rings. The molecule has 3 aliphatic rings. The fourth-order valence-electron chi connectivity index (χ4n) is 4.93. The van der Waals surface area contributed by atoms with E-state index in [1.54, 1.807) is 41.3 Å². The number of hydrogen-bond acceptors (Lipinski definition) is 6. The minimum Gasteiger partial charge on any atom is -0.512 e. The van der Waals surface area contributed by atoms with Crippen LogP contribution in [0.25, 0.3) is 0 Å². The number of halogens is 2. The predicted octanol–water partition coefficient (Wildman–Crippen LogP) is 7.13. The summed E-state index contributed by atoms with van der Waals surface area (Å²) < 4.78 is 6.10. The molecule has 1 aliphatic heterocycles. The molecule has 3 N–H and O–H groups in total. The van der Waals surface area contributed by atoms with Crippen molar-refractivity contribution in [1.82, 2.24) is 0 Å². The Morgan fingerprint density at radius 2 is 1.82 bits per heavy atom. The molecule has 1 amide bonds. The number of carbonyl (C=O) groups is 2. The van der Waals surface area contributed by atoms with Crippen LogP contribution in [0.1, 0.15) is 46.5 Å². The smallest absolute Gasteiger partial charge is 0.345 e. The minimum absolute atomic E-state index is 0.0121. The summed E-state index contributed by atoms with van der Waals surface area (Å²) in [5.74, 6) is -0.497. The number of carbonyl (C=O) groups excluding carboxylic acids is 1. The minimum atomic E-state index is -1.03. The summed E-state index contributed by atoms with van der Waals surface area (Å²) in [5, 5.41) is 30.2. The third-order valence-electron chi connectivity index (χ3n) is 7.28. The highest BCUT2D eigenvalue weighted by Gasteiger charge is 2.60. The monoisotopic (exact) mass is 568 g/mol. The molecule has 2 aromatic carbocycles. The van der Waals surface area contributed by atoms with Crippen LogP contribution in [-0.4, -0.2) is 34.4 Å². The molecule has 7 nitrogen and oxygen atoms in total. The first-order chi connectivity index (χ1) is 18.2. The number of anilines is 2. The number of nitrogens with one attached hydrogen (secondary N) is 1. The van der Waals surface area contributed by atoms with Gasteiger partial charge in [-0.1, -0.05) is 29.3 Å². The van der Waals surface area contributed by atoms with Gasteiger partial charge in [-0.25, -0.2) is 4.79 Å². The number of thiophene rings is 1. The number of allylic oxidation sites excluding steroid dienone is 1. The lowest BCUT2D eigenvalue weighted by molar-refractivity contribution is -0.119. The highest BCUT2D eigenvalue weighted by molar-refractivity contribution is 7.18. The molecular weight excluding hydrogens is 547 g/mol. The van der Waals surface area contributed by atoms with Gasteiger partial charge in [-0.2, -0.15) is 0 Å². The molecule has 2 heterocycles. The van der Waals surface area contributed by atoms with Crippen molar-refractivity contribution in [1.29, 1.82) is 5.41 Å². The van der Waals surface area contributed by atoms with E-state index >= 15 is 0 Å². The van der Waals surface area contributed by atoms with Gasteiger partial charge < -0.3 is 14.9 Å². The molecule has 1 spiro atoms. The zero-order chi connectivity index (χ0) is 26.8. The molecule has 3 aromatic rings. The molecule has 0 saturated heterocycles. The number of nitrogens with zero attached hydrogens (tertiary/aromatic N) is 1. The van der Waals surface area contributed by atoms with E-state index in [-0.39, 0.29) is 34.8 Å². The van der Waals surface area contributed by atoms with Crippen molar-refractivity contribution >= 4 is 62.8 Å². The Morgan fingerprint density at radius 1 is 1.11 bits per heavy atom. The molecule has 38 heavy (non-hydrogen) atoms. The van der Waals surface area contributed by atoms with E-state index in [1.807, 2.05) is 6.07 Å². The molecule has 0 atom stereocenters. The van der Waals surface area contributed by atoms with E-state index in [1.165, 1.54) is 6.07 Å². The topological polar surface area (TPSA) is 111 Å². The lowest BCUT2D eigenvalue weighted by Crippen LogP contribution is -2.27. The number of hydrogen-bond donors (Lipinski definition) is 3. The van der Waals surface area contributed by atoms with Gasteiger partial charge in [0, 0.05) is 11.5 Å². The van der Waals surface area contributed by atoms with Crippen LogP contribution in [0.15, 0.2) is 59.9 Å². The van der Waals surface area contributed by atoms with Crippen molar-refractivity contribution in [3.63, 3.8) is 0 Å². The van der Waals surface area contributed by atoms with Crippen LogP contribution in [0.5, 0.6) is 5.75 Å². The second-order valence-electron chi connectivity index (χ2n) is 9.74. The Bertz CT molecular complexity index is 1530. The van der Waals surface area contributed by atoms with Gasteiger partial charge in [0.25, 0.3) is 0 Å². The summed E-state index contributed by atoms with van der Waals surface area (Å²) in [6, 6.07) is 13.5. The molecule has 6 rings (SSSR count). The Balaban J connectivity index is 1.30. The Labute approximate surface area is 232 Å². The molecule has 1 aromatic heterocycles. The third-order valence-corrected chi connectivity index (χ3v) is 8.97. The lowest BCUT2D eigenvalue weighted by Gasteiger charge is -2.17. The number of aliphatic hydroxyl groups excluding tert-OH is 1. The summed E-state index contributed by atoms with van der Waals surface area (Å²) in [4.78, 5) is 26.6. The first-order valence-corrected chi connectivity index (χ1v) is 13.7. The maximum atomic E-state index is 13.4. The fraction of sp³-hybridized carbons (Fsp3) is 0.250. The number of rotatable bonds is 8. The maximum absolute atomic E-state index is 13.4.